The highest BCUT2D eigenvalue weighted by Crippen LogP contribution is 2.18. The number of aromatic nitrogens is 2. The van der Waals surface area contributed by atoms with Gasteiger partial charge in [0.1, 0.15) is 12.4 Å². The lowest BCUT2D eigenvalue weighted by atomic mass is 10.1. The van der Waals surface area contributed by atoms with E-state index in [2.05, 4.69) is 23.3 Å². The van der Waals surface area contributed by atoms with Gasteiger partial charge < -0.3 is 9.64 Å². The molecule has 5 heteroatoms. The van der Waals surface area contributed by atoms with E-state index in [-0.39, 0.29) is 5.91 Å². The number of benzene rings is 2. The number of likely N-dealkylation sites (N-methyl/N-ethyl adjacent to an activating group) is 1. The van der Waals surface area contributed by atoms with Gasteiger partial charge in [0.15, 0.2) is 0 Å². The summed E-state index contributed by atoms with van der Waals surface area (Å²) in [5, 5.41) is 4.59. The lowest BCUT2D eigenvalue weighted by Gasteiger charge is -2.18. The van der Waals surface area contributed by atoms with Crippen molar-refractivity contribution in [1.29, 1.82) is 0 Å². The molecular formula is C24H29N3O2. The Kier molecular flexibility index (Phi) is 6.37. The van der Waals surface area contributed by atoms with E-state index in [1.54, 1.807) is 11.9 Å². The van der Waals surface area contributed by atoms with Crippen LogP contribution in [0, 0.1) is 27.7 Å². The van der Waals surface area contributed by atoms with E-state index in [4.69, 9.17) is 4.74 Å². The molecule has 5 nitrogen and oxygen atoms in total. The second-order valence-electron chi connectivity index (χ2n) is 7.59. The Labute approximate surface area is 172 Å². The summed E-state index contributed by atoms with van der Waals surface area (Å²) < 4.78 is 7.75. The van der Waals surface area contributed by atoms with Crippen LogP contribution in [0.25, 0.3) is 0 Å². The highest BCUT2D eigenvalue weighted by Gasteiger charge is 2.21. The molecule has 0 aliphatic heterocycles. The van der Waals surface area contributed by atoms with Gasteiger partial charge in [0.05, 0.1) is 24.3 Å². The smallest absolute Gasteiger partial charge is 0.257 e. The molecule has 0 saturated carbocycles. The van der Waals surface area contributed by atoms with Crippen molar-refractivity contribution in [1.82, 2.24) is 14.7 Å². The van der Waals surface area contributed by atoms with Gasteiger partial charge in [-0.2, -0.15) is 5.10 Å². The average Bonchev–Trinajstić information content (AvgIpc) is 2.94. The molecule has 0 aliphatic rings. The second kappa shape index (κ2) is 8.95. The van der Waals surface area contributed by atoms with Crippen LogP contribution in [-0.2, 0) is 6.54 Å². The zero-order chi connectivity index (χ0) is 21.0. The SMILES string of the molecule is Cc1cc(C)cc(OCCN(C)C(=O)c2c(C)nn(Cc3ccccc3)c2C)c1. The minimum absolute atomic E-state index is 0.0247. The molecule has 0 radical (unpaired) electrons. The van der Waals surface area contributed by atoms with Crippen molar-refractivity contribution in [2.45, 2.75) is 34.2 Å². The first-order valence-electron chi connectivity index (χ1n) is 9.89. The molecule has 0 saturated heterocycles. The van der Waals surface area contributed by atoms with Gasteiger partial charge in [-0.1, -0.05) is 36.4 Å². The van der Waals surface area contributed by atoms with Gasteiger partial charge in [-0.25, -0.2) is 0 Å². The third kappa shape index (κ3) is 5.05. The molecule has 0 fully saturated rings. The molecular weight excluding hydrogens is 362 g/mol. The van der Waals surface area contributed by atoms with Crippen LogP contribution in [0.15, 0.2) is 48.5 Å². The summed E-state index contributed by atoms with van der Waals surface area (Å²) >= 11 is 0. The zero-order valence-electron chi connectivity index (χ0n) is 17.9. The number of carbonyl (C=O) groups is 1. The highest BCUT2D eigenvalue weighted by atomic mass is 16.5. The van der Waals surface area contributed by atoms with E-state index in [1.807, 2.05) is 62.7 Å². The van der Waals surface area contributed by atoms with E-state index in [1.165, 1.54) is 11.1 Å². The molecule has 1 heterocycles. The summed E-state index contributed by atoms with van der Waals surface area (Å²) in [6.45, 7) is 9.55. The van der Waals surface area contributed by atoms with E-state index in [0.717, 1.165) is 22.7 Å². The number of nitrogens with zero attached hydrogens (tertiary/aromatic N) is 3. The predicted octanol–water partition coefficient (Wildman–Crippen LogP) is 4.32. The summed E-state index contributed by atoms with van der Waals surface area (Å²) in [5.74, 6) is 0.815. The molecule has 2 aromatic carbocycles. The Morgan fingerprint density at radius 3 is 2.34 bits per heavy atom. The van der Waals surface area contributed by atoms with Crippen LogP contribution >= 0.6 is 0 Å². The van der Waals surface area contributed by atoms with Gasteiger partial charge in [0, 0.05) is 12.7 Å². The molecule has 0 bridgehead atoms. The van der Waals surface area contributed by atoms with Crippen molar-refractivity contribution in [2.75, 3.05) is 20.2 Å². The standard InChI is InChI=1S/C24H29N3O2/c1-17-13-18(2)15-22(14-17)29-12-11-26(5)24(28)23-19(3)25-27(20(23)4)16-21-9-7-6-8-10-21/h6-10,13-15H,11-12,16H2,1-5H3. The topological polar surface area (TPSA) is 47.4 Å². The number of hydrogen-bond acceptors (Lipinski definition) is 3. The Hall–Kier alpha value is -3.08. The predicted molar refractivity (Wildman–Crippen MR) is 116 cm³/mol. The monoisotopic (exact) mass is 391 g/mol. The fraction of sp³-hybridized carbons (Fsp3) is 0.333. The van der Waals surface area contributed by atoms with Crippen molar-refractivity contribution in [3.05, 3.63) is 82.2 Å². The van der Waals surface area contributed by atoms with Crippen LogP contribution in [-0.4, -0.2) is 40.8 Å². The average molecular weight is 392 g/mol. The summed E-state index contributed by atoms with van der Waals surface area (Å²) in [6.07, 6.45) is 0. The van der Waals surface area contributed by atoms with Crippen LogP contribution < -0.4 is 4.74 Å². The molecule has 1 aromatic heterocycles. The fourth-order valence-corrected chi connectivity index (χ4v) is 3.53. The van der Waals surface area contributed by atoms with Crippen LogP contribution in [0.5, 0.6) is 5.75 Å². The number of ether oxygens (including phenoxy) is 1. The normalized spacial score (nSPS) is 10.8. The van der Waals surface area contributed by atoms with Crippen LogP contribution in [0.1, 0.15) is 38.4 Å². The minimum Gasteiger partial charge on any atom is -0.492 e. The van der Waals surface area contributed by atoms with Gasteiger partial charge in [0.25, 0.3) is 5.91 Å². The first-order valence-corrected chi connectivity index (χ1v) is 9.89. The zero-order valence-corrected chi connectivity index (χ0v) is 17.9. The largest absolute Gasteiger partial charge is 0.492 e. The summed E-state index contributed by atoms with van der Waals surface area (Å²) in [6, 6.07) is 16.3. The van der Waals surface area contributed by atoms with Crippen molar-refractivity contribution in [3.63, 3.8) is 0 Å². The Balaban J connectivity index is 1.64. The van der Waals surface area contributed by atoms with Crippen LogP contribution in [0.3, 0.4) is 0 Å². The lowest BCUT2D eigenvalue weighted by Crippen LogP contribution is -2.31. The summed E-state index contributed by atoms with van der Waals surface area (Å²) in [5.41, 5.74) is 5.81. The van der Waals surface area contributed by atoms with Gasteiger partial charge in [-0.15, -0.1) is 0 Å². The molecule has 1 amide bonds. The maximum Gasteiger partial charge on any atom is 0.257 e. The maximum atomic E-state index is 13.0. The van der Waals surface area contributed by atoms with Gasteiger partial charge >= 0.3 is 0 Å². The lowest BCUT2D eigenvalue weighted by molar-refractivity contribution is 0.0772. The second-order valence-corrected chi connectivity index (χ2v) is 7.59. The molecule has 152 valence electrons. The molecule has 0 N–H and O–H groups in total. The molecule has 29 heavy (non-hydrogen) atoms. The molecule has 0 atom stereocenters. The van der Waals surface area contributed by atoms with Gasteiger partial charge in [-0.05, 0) is 56.5 Å². The van der Waals surface area contributed by atoms with Crippen LogP contribution in [0.2, 0.25) is 0 Å². The molecule has 0 unspecified atom stereocenters. The number of hydrogen-bond donors (Lipinski definition) is 0. The fourth-order valence-electron chi connectivity index (χ4n) is 3.53. The number of carbonyl (C=O) groups excluding carboxylic acids is 1. The van der Waals surface area contributed by atoms with Crippen molar-refractivity contribution < 1.29 is 9.53 Å². The Morgan fingerprint density at radius 1 is 1.03 bits per heavy atom. The van der Waals surface area contributed by atoms with E-state index in [0.29, 0.717) is 25.3 Å². The van der Waals surface area contributed by atoms with Crippen LogP contribution in [0.4, 0.5) is 0 Å². The van der Waals surface area contributed by atoms with Crippen molar-refractivity contribution >= 4 is 5.91 Å². The third-order valence-electron chi connectivity index (χ3n) is 5.01. The van der Waals surface area contributed by atoms with E-state index in [9.17, 15) is 4.79 Å². The highest BCUT2D eigenvalue weighted by molar-refractivity contribution is 5.96. The Morgan fingerprint density at radius 2 is 1.69 bits per heavy atom. The molecule has 3 aromatic rings. The minimum atomic E-state index is -0.0247. The van der Waals surface area contributed by atoms with E-state index < -0.39 is 0 Å². The first kappa shape index (κ1) is 20.6. The maximum absolute atomic E-state index is 13.0. The quantitative estimate of drug-likeness (QED) is 0.603. The van der Waals surface area contributed by atoms with Crippen molar-refractivity contribution in [3.8, 4) is 5.75 Å². The van der Waals surface area contributed by atoms with Gasteiger partial charge in [-0.3, -0.25) is 9.48 Å². The van der Waals surface area contributed by atoms with E-state index >= 15 is 0 Å². The van der Waals surface area contributed by atoms with Gasteiger partial charge in [0.2, 0.25) is 0 Å². The van der Waals surface area contributed by atoms with Crippen molar-refractivity contribution in [2.24, 2.45) is 0 Å². The summed E-state index contributed by atoms with van der Waals surface area (Å²) in [4.78, 5) is 14.7. The molecule has 0 aliphatic carbocycles. The Bertz CT molecular complexity index is 973. The number of aryl methyl sites for hydroxylation is 3. The number of rotatable bonds is 7. The first-order chi connectivity index (χ1) is 13.8. The summed E-state index contributed by atoms with van der Waals surface area (Å²) in [7, 11) is 1.81. The molecule has 3 rings (SSSR count). The number of amides is 1. The third-order valence-corrected chi connectivity index (χ3v) is 5.01. The molecule has 0 spiro atoms.